The second kappa shape index (κ2) is 11.0. The molecule has 2 rings (SSSR count). The molecule has 2 fully saturated rings. The molecule has 0 aromatic rings. The Hall–Kier alpha value is 0.0300. The van der Waals surface area contributed by atoms with Gasteiger partial charge in [0, 0.05) is 0 Å². The van der Waals surface area contributed by atoms with E-state index in [1.54, 1.807) is 6.92 Å². The highest BCUT2D eigenvalue weighted by Crippen LogP contribution is 2.44. The van der Waals surface area contributed by atoms with Gasteiger partial charge in [-0.25, -0.2) is 4.57 Å². The van der Waals surface area contributed by atoms with Gasteiger partial charge in [-0.3, -0.25) is 9.05 Å². The third-order valence-corrected chi connectivity index (χ3v) is 5.98. The third-order valence-electron chi connectivity index (χ3n) is 4.88. The summed E-state index contributed by atoms with van der Waals surface area (Å²) in [5, 5.41) is 0. The molecular formula is C18H35O6P. The van der Waals surface area contributed by atoms with Crippen molar-refractivity contribution in [3.63, 3.8) is 0 Å². The van der Waals surface area contributed by atoms with Gasteiger partial charge in [-0.15, -0.1) is 0 Å². The molecule has 0 saturated heterocycles. The van der Waals surface area contributed by atoms with Crippen LogP contribution >= 0.6 is 7.82 Å². The van der Waals surface area contributed by atoms with E-state index in [1.807, 2.05) is 6.92 Å². The third kappa shape index (κ3) is 8.98. The molecule has 148 valence electrons. The van der Waals surface area contributed by atoms with Gasteiger partial charge in [-0.05, 0) is 39.5 Å². The summed E-state index contributed by atoms with van der Waals surface area (Å²) in [5.74, 6) is 0. The number of hydrogen-bond acceptors (Lipinski definition) is 5. The monoisotopic (exact) mass is 378 g/mol. The summed E-state index contributed by atoms with van der Waals surface area (Å²) < 4.78 is 34.0. The molecule has 6 nitrogen and oxygen atoms in total. The van der Waals surface area contributed by atoms with Gasteiger partial charge in [-0.1, -0.05) is 38.5 Å². The molecule has 7 heteroatoms. The Bertz CT molecular complexity index is 406. The highest BCUT2D eigenvalue weighted by molar-refractivity contribution is 7.47. The van der Waals surface area contributed by atoms with Crippen molar-refractivity contribution in [2.75, 3.05) is 13.2 Å². The molecule has 0 aromatic heterocycles. The molecule has 2 aliphatic rings. The van der Waals surface area contributed by atoms with Gasteiger partial charge < -0.3 is 14.4 Å². The zero-order valence-corrected chi connectivity index (χ0v) is 16.6. The predicted octanol–water partition coefficient (Wildman–Crippen LogP) is 4.60. The largest absolute Gasteiger partial charge is 0.472 e. The van der Waals surface area contributed by atoms with Gasteiger partial charge in [-0.2, -0.15) is 0 Å². The van der Waals surface area contributed by atoms with E-state index in [9.17, 15) is 9.46 Å². The second-order valence-electron chi connectivity index (χ2n) is 7.48. The van der Waals surface area contributed by atoms with Crippen molar-refractivity contribution in [1.29, 1.82) is 0 Å². The van der Waals surface area contributed by atoms with Gasteiger partial charge in [0.1, 0.15) is 0 Å². The lowest BCUT2D eigenvalue weighted by Crippen LogP contribution is -2.26. The van der Waals surface area contributed by atoms with E-state index in [0.29, 0.717) is 6.61 Å². The minimum absolute atomic E-state index is 0.0560. The summed E-state index contributed by atoms with van der Waals surface area (Å²) >= 11 is 0. The maximum absolute atomic E-state index is 12.1. The number of ether oxygens (including phenoxy) is 2. The zero-order chi connectivity index (χ0) is 18.1. The quantitative estimate of drug-likeness (QED) is 0.560. The van der Waals surface area contributed by atoms with Crippen molar-refractivity contribution >= 4 is 7.82 Å². The fourth-order valence-electron chi connectivity index (χ4n) is 3.56. The lowest BCUT2D eigenvalue weighted by Gasteiger charge is -2.27. The van der Waals surface area contributed by atoms with Crippen LogP contribution in [-0.2, 0) is 23.1 Å². The van der Waals surface area contributed by atoms with E-state index < -0.39 is 13.9 Å². The van der Waals surface area contributed by atoms with E-state index in [2.05, 4.69) is 0 Å². The number of phosphoric acid groups is 1. The lowest BCUT2D eigenvalue weighted by atomic mass is 9.98. The normalized spacial score (nSPS) is 25.4. The van der Waals surface area contributed by atoms with Gasteiger partial charge in [0.25, 0.3) is 0 Å². The van der Waals surface area contributed by atoms with Crippen molar-refractivity contribution in [2.45, 2.75) is 102 Å². The Balaban J connectivity index is 1.61. The van der Waals surface area contributed by atoms with Crippen molar-refractivity contribution in [2.24, 2.45) is 0 Å². The molecule has 3 unspecified atom stereocenters. The van der Waals surface area contributed by atoms with Crippen LogP contribution in [0, 0.1) is 0 Å². The topological polar surface area (TPSA) is 74.2 Å². The Morgan fingerprint density at radius 3 is 2.04 bits per heavy atom. The molecule has 0 spiro atoms. The molecule has 0 aliphatic heterocycles. The van der Waals surface area contributed by atoms with Crippen LogP contribution in [-0.4, -0.2) is 42.5 Å². The van der Waals surface area contributed by atoms with Crippen LogP contribution in [0.4, 0.5) is 0 Å². The molecule has 0 bridgehead atoms. The van der Waals surface area contributed by atoms with Crippen LogP contribution in [0.5, 0.6) is 0 Å². The van der Waals surface area contributed by atoms with Crippen LogP contribution in [0.3, 0.4) is 0 Å². The summed E-state index contributed by atoms with van der Waals surface area (Å²) in [7, 11) is -4.09. The van der Waals surface area contributed by atoms with Gasteiger partial charge in [0.05, 0.1) is 37.6 Å². The Morgan fingerprint density at radius 1 is 0.880 bits per heavy atom. The summed E-state index contributed by atoms with van der Waals surface area (Å²) in [5.41, 5.74) is 0. The fourth-order valence-corrected chi connectivity index (χ4v) is 4.53. The summed E-state index contributed by atoms with van der Waals surface area (Å²) in [6, 6.07) is 0. The minimum Gasteiger partial charge on any atom is -0.376 e. The highest BCUT2D eigenvalue weighted by atomic mass is 31.2. The second-order valence-corrected chi connectivity index (χ2v) is 8.89. The molecule has 2 saturated carbocycles. The first-order valence-corrected chi connectivity index (χ1v) is 11.4. The SMILES string of the molecule is CC(COP(=O)(O)OC(C)COC1CCCCC1)OC1CCCCC1. The molecule has 0 heterocycles. The van der Waals surface area contributed by atoms with Crippen molar-refractivity contribution in [1.82, 2.24) is 0 Å². The first kappa shape index (κ1) is 21.3. The smallest absolute Gasteiger partial charge is 0.376 e. The van der Waals surface area contributed by atoms with Crippen LogP contribution < -0.4 is 0 Å². The molecular weight excluding hydrogens is 343 g/mol. The molecule has 3 atom stereocenters. The minimum atomic E-state index is -4.09. The first-order chi connectivity index (χ1) is 11.9. The Morgan fingerprint density at radius 2 is 1.44 bits per heavy atom. The predicted molar refractivity (Wildman–Crippen MR) is 96.6 cm³/mol. The van der Waals surface area contributed by atoms with Gasteiger partial charge in [0.2, 0.25) is 0 Å². The standard InChI is InChI=1S/C18H35O6P/c1-15(23-18-11-7-4-8-12-18)14-22-25(19,20)24-16(2)13-21-17-9-5-3-6-10-17/h15-18H,3-14H2,1-2H3,(H,19,20). The lowest BCUT2D eigenvalue weighted by molar-refractivity contribution is -0.0505. The summed E-state index contributed by atoms with van der Waals surface area (Å²) in [4.78, 5) is 9.88. The average Bonchev–Trinajstić information content (AvgIpc) is 2.60. The van der Waals surface area contributed by atoms with E-state index in [1.165, 1.54) is 38.5 Å². The first-order valence-electron chi connectivity index (χ1n) is 9.87. The average molecular weight is 378 g/mol. The molecule has 0 aromatic carbocycles. The fraction of sp³-hybridized carbons (Fsp3) is 1.00. The van der Waals surface area contributed by atoms with Gasteiger partial charge >= 0.3 is 7.82 Å². The summed E-state index contributed by atoms with van der Waals surface area (Å²) in [6.45, 7) is 3.97. The highest BCUT2D eigenvalue weighted by Gasteiger charge is 2.27. The molecule has 0 radical (unpaired) electrons. The van der Waals surface area contributed by atoms with Crippen LogP contribution in [0.25, 0.3) is 0 Å². The van der Waals surface area contributed by atoms with Crippen molar-refractivity contribution in [3.8, 4) is 0 Å². The molecule has 1 N–H and O–H groups in total. The molecule has 25 heavy (non-hydrogen) atoms. The van der Waals surface area contributed by atoms with Crippen molar-refractivity contribution in [3.05, 3.63) is 0 Å². The Labute approximate surface area is 152 Å². The Kier molecular flexibility index (Phi) is 9.39. The van der Waals surface area contributed by atoms with Crippen LogP contribution in [0.15, 0.2) is 0 Å². The number of hydrogen-bond donors (Lipinski definition) is 1. The van der Waals surface area contributed by atoms with E-state index >= 15 is 0 Å². The van der Waals surface area contributed by atoms with Gasteiger partial charge in [0.15, 0.2) is 0 Å². The van der Waals surface area contributed by atoms with Crippen LogP contribution in [0.1, 0.15) is 78.1 Å². The molecule has 2 aliphatic carbocycles. The maximum atomic E-state index is 12.1. The van der Waals surface area contributed by atoms with E-state index in [0.717, 1.165) is 25.7 Å². The van der Waals surface area contributed by atoms with E-state index in [-0.39, 0.29) is 24.9 Å². The maximum Gasteiger partial charge on any atom is 0.472 e. The van der Waals surface area contributed by atoms with Crippen LogP contribution in [0.2, 0.25) is 0 Å². The number of rotatable bonds is 10. The van der Waals surface area contributed by atoms with Crippen molar-refractivity contribution < 1.29 is 28.0 Å². The summed E-state index contributed by atoms with van der Waals surface area (Å²) in [6.07, 6.45) is 11.4. The van der Waals surface area contributed by atoms with E-state index in [4.69, 9.17) is 18.5 Å². The number of phosphoric ester groups is 1. The molecule has 0 amide bonds. The zero-order valence-electron chi connectivity index (χ0n) is 15.7.